The van der Waals surface area contributed by atoms with Gasteiger partial charge in [-0.15, -0.1) is 0 Å². The van der Waals surface area contributed by atoms with Crippen molar-refractivity contribution in [2.45, 2.75) is 19.4 Å². The maximum Gasteiger partial charge on any atom is 0.329 e. The van der Waals surface area contributed by atoms with E-state index in [-0.39, 0.29) is 35.5 Å². The molecule has 1 N–H and O–H groups in total. The Morgan fingerprint density at radius 3 is 2.45 bits per heavy atom. The third-order valence-electron chi connectivity index (χ3n) is 5.93. The second-order valence-electron chi connectivity index (χ2n) is 7.61. The van der Waals surface area contributed by atoms with Crippen LogP contribution in [0.5, 0.6) is 5.75 Å². The molecule has 2 aliphatic carbocycles. The highest BCUT2D eigenvalue weighted by Gasteiger charge is 2.60. The Labute approximate surface area is 167 Å². The first-order valence-corrected chi connectivity index (χ1v) is 9.56. The van der Waals surface area contributed by atoms with Gasteiger partial charge in [0.15, 0.2) is 6.61 Å². The van der Waals surface area contributed by atoms with Gasteiger partial charge in [0.25, 0.3) is 5.91 Å². The minimum Gasteiger partial charge on any atom is -0.497 e. The van der Waals surface area contributed by atoms with E-state index in [1.165, 1.54) is 14.0 Å². The molecule has 8 nitrogen and oxygen atoms in total. The first-order valence-electron chi connectivity index (χ1n) is 9.56. The third-order valence-corrected chi connectivity index (χ3v) is 5.93. The van der Waals surface area contributed by atoms with Gasteiger partial charge in [-0.3, -0.25) is 19.3 Å². The number of allylic oxidation sites excluding steroid dienone is 2. The molecule has 29 heavy (non-hydrogen) atoms. The van der Waals surface area contributed by atoms with E-state index in [0.29, 0.717) is 11.4 Å². The van der Waals surface area contributed by atoms with Gasteiger partial charge in [0.2, 0.25) is 11.8 Å². The minimum absolute atomic E-state index is 0.0725. The van der Waals surface area contributed by atoms with Crippen LogP contribution in [-0.4, -0.2) is 48.3 Å². The van der Waals surface area contributed by atoms with Crippen molar-refractivity contribution in [2.24, 2.45) is 23.7 Å². The van der Waals surface area contributed by atoms with Crippen LogP contribution < -0.4 is 10.1 Å². The number of ether oxygens (including phenoxy) is 2. The number of anilines is 1. The summed E-state index contributed by atoms with van der Waals surface area (Å²) in [5.41, 5.74) is 0.499. The lowest BCUT2D eigenvalue weighted by Crippen LogP contribution is -2.45. The van der Waals surface area contributed by atoms with Crippen LogP contribution in [0, 0.1) is 23.7 Å². The molecule has 1 saturated heterocycles. The fourth-order valence-corrected chi connectivity index (χ4v) is 4.57. The Morgan fingerprint density at radius 2 is 1.83 bits per heavy atom. The fourth-order valence-electron chi connectivity index (χ4n) is 4.57. The number of fused-ring (bicyclic) bond motifs is 5. The average Bonchev–Trinajstić information content (AvgIpc) is 3.39. The highest BCUT2D eigenvalue weighted by Crippen LogP contribution is 2.52. The number of likely N-dealkylation sites (tertiary alicyclic amines) is 1. The van der Waals surface area contributed by atoms with Crippen LogP contribution in [-0.2, 0) is 23.9 Å². The Hall–Kier alpha value is -3.16. The van der Waals surface area contributed by atoms with Gasteiger partial charge in [-0.2, -0.15) is 0 Å². The zero-order chi connectivity index (χ0) is 20.7. The Balaban J connectivity index is 1.33. The zero-order valence-electron chi connectivity index (χ0n) is 16.2. The molecular weight excluding hydrogens is 376 g/mol. The average molecular weight is 398 g/mol. The van der Waals surface area contributed by atoms with E-state index in [1.807, 2.05) is 12.2 Å². The number of benzene rings is 1. The predicted molar refractivity (Wildman–Crippen MR) is 102 cm³/mol. The second kappa shape index (κ2) is 7.35. The van der Waals surface area contributed by atoms with Crippen molar-refractivity contribution in [1.29, 1.82) is 0 Å². The summed E-state index contributed by atoms with van der Waals surface area (Å²) in [6.45, 7) is 0.935. The normalized spacial score (nSPS) is 27.7. The van der Waals surface area contributed by atoms with Gasteiger partial charge in [-0.25, -0.2) is 4.79 Å². The predicted octanol–water partition coefficient (Wildman–Crippen LogP) is 1.37. The standard InChI is InChI=1S/C21H22N2O6/c1-11(23-19(25)17-12-6-7-13(8-12)18(17)20(23)26)21(27)29-10-16(24)22-14-4-3-5-15(9-14)28-2/h3-7,9,11-13,17-18H,8,10H2,1-2H3,(H,22,24)/t11-,12-,13-,17-,18-/m0/s1. The summed E-state index contributed by atoms with van der Waals surface area (Å²) < 4.78 is 10.1. The summed E-state index contributed by atoms with van der Waals surface area (Å²) in [7, 11) is 1.51. The quantitative estimate of drug-likeness (QED) is 0.441. The molecule has 1 aromatic rings. The van der Waals surface area contributed by atoms with E-state index in [1.54, 1.807) is 24.3 Å². The molecule has 0 unspecified atom stereocenters. The van der Waals surface area contributed by atoms with Crippen molar-refractivity contribution in [3.8, 4) is 5.75 Å². The molecule has 5 atom stereocenters. The maximum atomic E-state index is 12.7. The van der Waals surface area contributed by atoms with Crippen molar-refractivity contribution in [3.05, 3.63) is 36.4 Å². The third kappa shape index (κ3) is 3.28. The van der Waals surface area contributed by atoms with Gasteiger partial charge in [-0.05, 0) is 37.3 Å². The maximum absolute atomic E-state index is 12.7. The molecule has 8 heteroatoms. The molecule has 3 amide bonds. The topological polar surface area (TPSA) is 102 Å². The van der Waals surface area contributed by atoms with E-state index in [4.69, 9.17) is 9.47 Å². The van der Waals surface area contributed by atoms with Crippen molar-refractivity contribution in [1.82, 2.24) is 4.90 Å². The van der Waals surface area contributed by atoms with Gasteiger partial charge in [0.05, 0.1) is 18.9 Å². The van der Waals surface area contributed by atoms with Gasteiger partial charge in [0, 0.05) is 11.8 Å². The molecule has 1 aromatic carbocycles. The van der Waals surface area contributed by atoms with Crippen LogP contribution in [0.1, 0.15) is 13.3 Å². The Morgan fingerprint density at radius 1 is 1.17 bits per heavy atom. The number of hydrogen-bond acceptors (Lipinski definition) is 6. The van der Waals surface area contributed by atoms with Gasteiger partial charge < -0.3 is 14.8 Å². The number of carbonyl (C=O) groups excluding carboxylic acids is 4. The number of imide groups is 1. The number of nitrogens with zero attached hydrogens (tertiary/aromatic N) is 1. The number of carbonyl (C=O) groups is 4. The number of methoxy groups -OCH3 is 1. The minimum atomic E-state index is -1.07. The number of amides is 3. The summed E-state index contributed by atoms with van der Waals surface area (Å²) in [5.74, 6) is -1.97. The summed E-state index contributed by atoms with van der Waals surface area (Å²) in [4.78, 5) is 51.0. The summed E-state index contributed by atoms with van der Waals surface area (Å²) >= 11 is 0. The number of hydrogen-bond donors (Lipinski definition) is 1. The van der Waals surface area contributed by atoms with E-state index in [9.17, 15) is 19.2 Å². The number of nitrogens with one attached hydrogen (secondary N) is 1. The molecule has 3 aliphatic rings. The molecule has 0 spiro atoms. The SMILES string of the molecule is COc1cccc(NC(=O)COC(=O)[C@H](C)N2C(=O)[C@@H]3[C@@H](C2=O)[C@H]2C=C[C@H]3C2)c1. The summed E-state index contributed by atoms with van der Waals surface area (Å²) in [6.07, 6.45) is 4.81. The van der Waals surface area contributed by atoms with Crippen LogP contribution in [0.15, 0.2) is 36.4 Å². The monoisotopic (exact) mass is 398 g/mol. The van der Waals surface area contributed by atoms with E-state index < -0.39 is 24.5 Å². The van der Waals surface area contributed by atoms with Crippen LogP contribution in [0.4, 0.5) is 5.69 Å². The molecule has 1 saturated carbocycles. The smallest absolute Gasteiger partial charge is 0.329 e. The van der Waals surface area contributed by atoms with E-state index in [0.717, 1.165) is 11.3 Å². The lowest BCUT2D eigenvalue weighted by atomic mass is 9.85. The highest BCUT2D eigenvalue weighted by molar-refractivity contribution is 6.09. The second-order valence-corrected chi connectivity index (χ2v) is 7.61. The number of rotatable bonds is 6. The Bertz CT molecular complexity index is 880. The lowest BCUT2D eigenvalue weighted by molar-refractivity contribution is -0.159. The van der Waals surface area contributed by atoms with Crippen molar-refractivity contribution in [2.75, 3.05) is 19.0 Å². The molecule has 0 aromatic heterocycles. The largest absolute Gasteiger partial charge is 0.497 e. The van der Waals surface area contributed by atoms with E-state index in [2.05, 4.69) is 5.32 Å². The van der Waals surface area contributed by atoms with Crippen molar-refractivity contribution >= 4 is 29.4 Å². The zero-order valence-corrected chi connectivity index (χ0v) is 16.2. The highest BCUT2D eigenvalue weighted by atomic mass is 16.5. The molecule has 0 radical (unpaired) electrons. The molecule has 1 aliphatic heterocycles. The van der Waals surface area contributed by atoms with Crippen molar-refractivity contribution in [3.63, 3.8) is 0 Å². The lowest BCUT2D eigenvalue weighted by Gasteiger charge is -2.23. The number of esters is 1. The van der Waals surface area contributed by atoms with Crippen LogP contribution in [0.2, 0.25) is 0 Å². The molecule has 2 fully saturated rings. The Kier molecular flexibility index (Phi) is 4.86. The molecule has 1 heterocycles. The first kappa shape index (κ1) is 19.2. The van der Waals surface area contributed by atoms with Gasteiger partial charge in [-0.1, -0.05) is 18.2 Å². The van der Waals surface area contributed by atoms with Crippen LogP contribution in [0.3, 0.4) is 0 Å². The van der Waals surface area contributed by atoms with Crippen molar-refractivity contribution < 1.29 is 28.7 Å². The molecular formula is C21H22N2O6. The first-order chi connectivity index (χ1) is 13.9. The molecule has 152 valence electrons. The van der Waals surface area contributed by atoms with Crippen LogP contribution in [0.25, 0.3) is 0 Å². The molecule has 4 rings (SSSR count). The van der Waals surface area contributed by atoms with E-state index >= 15 is 0 Å². The summed E-state index contributed by atoms with van der Waals surface area (Å²) in [5, 5.41) is 2.60. The van der Waals surface area contributed by atoms with Crippen LogP contribution >= 0.6 is 0 Å². The van der Waals surface area contributed by atoms with Gasteiger partial charge >= 0.3 is 5.97 Å². The summed E-state index contributed by atoms with van der Waals surface area (Å²) in [6, 6.07) is 5.69. The van der Waals surface area contributed by atoms with Gasteiger partial charge in [0.1, 0.15) is 11.8 Å². The fraction of sp³-hybridized carbons (Fsp3) is 0.429. The molecule has 2 bridgehead atoms.